The first-order valence-electron chi connectivity index (χ1n) is 9.80. The molecule has 0 bridgehead atoms. The van der Waals surface area contributed by atoms with Gasteiger partial charge in [-0.05, 0) is 68.1 Å². The number of hydrogen-bond donors (Lipinski definition) is 0. The van der Waals surface area contributed by atoms with Crippen LogP contribution in [0.2, 0.25) is 18.1 Å². The van der Waals surface area contributed by atoms with Crippen molar-refractivity contribution in [2.24, 2.45) is 5.92 Å². The number of hydrogen-bond acceptors (Lipinski definition) is 4. The number of carbonyl (C=O) groups is 1. The highest BCUT2D eigenvalue weighted by Crippen LogP contribution is 2.37. The van der Waals surface area contributed by atoms with E-state index in [1.165, 1.54) is 12.1 Å². The second kappa shape index (κ2) is 8.57. The molecule has 4 nitrogen and oxygen atoms in total. The van der Waals surface area contributed by atoms with Crippen molar-refractivity contribution < 1.29 is 14.0 Å². The number of nitrogens with zero attached hydrogens (tertiary/aromatic N) is 1. The van der Waals surface area contributed by atoms with E-state index in [1.54, 1.807) is 0 Å². The Morgan fingerprint density at radius 2 is 1.88 bits per heavy atom. The van der Waals surface area contributed by atoms with E-state index < -0.39 is 8.32 Å². The first-order valence-corrected chi connectivity index (χ1v) is 12.7. The molecule has 26 heavy (non-hydrogen) atoms. The summed E-state index contributed by atoms with van der Waals surface area (Å²) in [6.07, 6.45) is 2.34. The van der Waals surface area contributed by atoms with Gasteiger partial charge in [-0.3, -0.25) is 0 Å². The topological polar surface area (TPSA) is 38.8 Å². The van der Waals surface area contributed by atoms with Gasteiger partial charge in [-0.25, -0.2) is 4.79 Å². The molecule has 2 rings (SSSR count). The van der Waals surface area contributed by atoms with Gasteiger partial charge < -0.3 is 14.1 Å². The Labute approximate surface area is 160 Å². The fraction of sp³-hybridized carbons (Fsp3) is 0.667. The molecule has 1 aliphatic heterocycles. The number of anilines is 1. The molecule has 5 heteroatoms. The van der Waals surface area contributed by atoms with Crippen LogP contribution in [-0.4, -0.2) is 40.6 Å². The lowest BCUT2D eigenvalue weighted by molar-refractivity contribution is 0.0526. The number of ether oxygens (including phenoxy) is 1. The molecule has 1 aromatic rings. The van der Waals surface area contributed by atoms with Crippen molar-refractivity contribution in [1.29, 1.82) is 0 Å². The number of esters is 1. The van der Waals surface area contributed by atoms with Crippen LogP contribution >= 0.6 is 0 Å². The Bertz CT molecular complexity index is 592. The maximum Gasteiger partial charge on any atom is 0.338 e. The molecule has 1 unspecified atom stereocenters. The molecule has 0 aliphatic carbocycles. The van der Waals surface area contributed by atoms with Crippen LogP contribution in [0.25, 0.3) is 0 Å². The van der Waals surface area contributed by atoms with Crippen molar-refractivity contribution in [1.82, 2.24) is 0 Å². The van der Waals surface area contributed by atoms with Gasteiger partial charge >= 0.3 is 5.97 Å². The predicted molar refractivity (Wildman–Crippen MR) is 110 cm³/mol. The number of benzene rings is 1. The molecular formula is C21H35NO3Si. The minimum atomic E-state index is -1.64. The lowest BCUT2D eigenvalue weighted by atomic mass is 10.1. The van der Waals surface area contributed by atoms with E-state index in [2.05, 4.69) is 38.8 Å². The number of rotatable bonds is 7. The fourth-order valence-corrected chi connectivity index (χ4v) is 4.08. The van der Waals surface area contributed by atoms with E-state index in [9.17, 15) is 4.79 Å². The Hall–Kier alpha value is -1.33. The maximum absolute atomic E-state index is 11.8. The third-order valence-corrected chi connectivity index (χ3v) is 10.4. The molecule has 1 atom stereocenters. The molecule has 146 valence electrons. The van der Waals surface area contributed by atoms with E-state index in [4.69, 9.17) is 9.16 Å². The van der Waals surface area contributed by atoms with E-state index in [0.29, 0.717) is 18.1 Å². The standard InChI is InChI=1S/C21H35NO3Si/c1-7-24-20(23)18-8-10-19(11-9-18)22-14-12-17(16-22)13-15-25-26(5,6)21(2,3)4/h8-11,17H,7,12-16H2,1-6H3. The summed E-state index contributed by atoms with van der Waals surface area (Å²) in [6.45, 7) is 16.7. The van der Waals surface area contributed by atoms with E-state index >= 15 is 0 Å². The number of carbonyl (C=O) groups excluding carboxylic acids is 1. The Balaban J connectivity index is 1.82. The first-order chi connectivity index (χ1) is 12.1. The monoisotopic (exact) mass is 377 g/mol. The van der Waals surface area contributed by atoms with Crippen LogP contribution in [0.1, 0.15) is 50.9 Å². The zero-order valence-electron chi connectivity index (χ0n) is 17.3. The van der Waals surface area contributed by atoms with Crippen molar-refractivity contribution in [3.8, 4) is 0 Å². The van der Waals surface area contributed by atoms with Gasteiger partial charge in [0.25, 0.3) is 0 Å². The Morgan fingerprint density at radius 1 is 1.23 bits per heavy atom. The Kier molecular flexibility index (Phi) is 6.91. The zero-order valence-corrected chi connectivity index (χ0v) is 18.3. The molecule has 1 saturated heterocycles. The van der Waals surface area contributed by atoms with E-state index in [0.717, 1.165) is 26.1 Å². The molecule has 0 N–H and O–H groups in total. The van der Waals surface area contributed by atoms with Gasteiger partial charge in [-0.2, -0.15) is 0 Å². The summed E-state index contributed by atoms with van der Waals surface area (Å²) in [6, 6.07) is 7.78. The Morgan fingerprint density at radius 3 is 2.46 bits per heavy atom. The average Bonchev–Trinajstić information content (AvgIpc) is 3.03. The highest BCUT2D eigenvalue weighted by atomic mass is 28.4. The normalized spacial score (nSPS) is 18.2. The van der Waals surface area contributed by atoms with Crippen LogP contribution in [0.5, 0.6) is 0 Å². The molecule has 0 amide bonds. The molecule has 1 heterocycles. The summed E-state index contributed by atoms with van der Waals surface area (Å²) in [4.78, 5) is 14.2. The average molecular weight is 378 g/mol. The van der Waals surface area contributed by atoms with Crippen molar-refractivity contribution >= 4 is 20.0 Å². The third-order valence-electron chi connectivity index (χ3n) is 5.82. The van der Waals surface area contributed by atoms with Gasteiger partial charge in [0.15, 0.2) is 8.32 Å². The second-order valence-corrected chi connectivity index (χ2v) is 13.6. The maximum atomic E-state index is 11.8. The fourth-order valence-electron chi connectivity index (χ4n) is 3.02. The molecule has 1 aromatic carbocycles. The highest BCUT2D eigenvalue weighted by molar-refractivity contribution is 6.74. The predicted octanol–water partition coefficient (Wildman–Crippen LogP) is 5.10. The van der Waals surface area contributed by atoms with Crippen molar-refractivity contribution in [2.45, 2.75) is 58.7 Å². The minimum Gasteiger partial charge on any atom is -0.462 e. The first kappa shape index (κ1) is 21.0. The summed E-state index contributed by atoms with van der Waals surface area (Å²) in [7, 11) is -1.64. The second-order valence-electron chi connectivity index (χ2n) is 8.77. The summed E-state index contributed by atoms with van der Waals surface area (Å²) < 4.78 is 11.4. The summed E-state index contributed by atoms with van der Waals surface area (Å²) in [5.74, 6) is 0.436. The van der Waals surface area contributed by atoms with Crippen LogP contribution in [0.4, 0.5) is 5.69 Å². The molecule has 1 fully saturated rings. The van der Waals surface area contributed by atoms with Crippen LogP contribution in [0.15, 0.2) is 24.3 Å². The zero-order chi connectivity index (χ0) is 19.4. The molecule has 0 radical (unpaired) electrons. The highest BCUT2D eigenvalue weighted by Gasteiger charge is 2.37. The van der Waals surface area contributed by atoms with Gasteiger partial charge in [-0.1, -0.05) is 20.8 Å². The van der Waals surface area contributed by atoms with Crippen molar-refractivity contribution in [2.75, 3.05) is 31.2 Å². The van der Waals surface area contributed by atoms with Crippen molar-refractivity contribution in [3.05, 3.63) is 29.8 Å². The summed E-state index contributed by atoms with van der Waals surface area (Å²) in [5.41, 5.74) is 1.81. The summed E-state index contributed by atoms with van der Waals surface area (Å²) >= 11 is 0. The smallest absolute Gasteiger partial charge is 0.338 e. The van der Waals surface area contributed by atoms with Crippen LogP contribution in [0, 0.1) is 5.92 Å². The summed E-state index contributed by atoms with van der Waals surface area (Å²) in [5, 5.41) is 0.273. The lowest BCUT2D eigenvalue weighted by Gasteiger charge is -2.36. The van der Waals surface area contributed by atoms with E-state index in [1.807, 2.05) is 31.2 Å². The van der Waals surface area contributed by atoms with Gasteiger partial charge in [0.1, 0.15) is 0 Å². The molecular weight excluding hydrogens is 342 g/mol. The van der Waals surface area contributed by atoms with Crippen LogP contribution < -0.4 is 4.90 Å². The van der Waals surface area contributed by atoms with Gasteiger partial charge in [0, 0.05) is 25.4 Å². The molecule has 0 spiro atoms. The minimum absolute atomic E-state index is 0.249. The molecule has 1 aliphatic rings. The van der Waals surface area contributed by atoms with Gasteiger partial charge in [-0.15, -0.1) is 0 Å². The quantitative estimate of drug-likeness (QED) is 0.489. The largest absolute Gasteiger partial charge is 0.462 e. The van der Waals surface area contributed by atoms with Crippen molar-refractivity contribution in [3.63, 3.8) is 0 Å². The van der Waals surface area contributed by atoms with Gasteiger partial charge in [0.2, 0.25) is 0 Å². The lowest BCUT2D eigenvalue weighted by Crippen LogP contribution is -2.41. The van der Waals surface area contributed by atoms with Gasteiger partial charge in [0.05, 0.1) is 12.2 Å². The molecule has 0 aromatic heterocycles. The van der Waals surface area contributed by atoms with E-state index in [-0.39, 0.29) is 11.0 Å². The van der Waals surface area contributed by atoms with Crippen LogP contribution in [-0.2, 0) is 9.16 Å². The SMILES string of the molecule is CCOC(=O)c1ccc(N2CCC(CCO[Si](C)(C)C(C)(C)C)C2)cc1. The van der Waals surface area contributed by atoms with Crippen LogP contribution in [0.3, 0.4) is 0 Å². The third kappa shape index (κ3) is 5.33. The molecule has 0 saturated carbocycles.